The van der Waals surface area contributed by atoms with Crippen molar-refractivity contribution in [2.24, 2.45) is 29.1 Å². The first-order valence-corrected chi connectivity index (χ1v) is 12.9. The van der Waals surface area contributed by atoms with Gasteiger partial charge in [0.05, 0.1) is 0 Å². The van der Waals surface area contributed by atoms with E-state index < -0.39 is 0 Å². The number of benzene rings is 1. The van der Waals surface area contributed by atoms with E-state index in [1.54, 1.807) is 6.08 Å². The van der Waals surface area contributed by atoms with Crippen LogP contribution in [-0.4, -0.2) is 35.8 Å². The highest BCUT2D eigenvalue weighted by atomic mass is 16.2. The summed E-state index contributed by atoms with van der Waals surface area (Å²) in [7, 11) is 0. The van der Waals surface area contributed by atoms with Crippen molar-refractivity contribution in [3.8, 4) is 0 Å². The van der Waals surface area contributed by atoms with Crippen LogP contribution >= 0.6 is 0 Å². The molecule has 1 heterocycles. The van der Waals surface area contributed by atoms with Crippen molar-refractivity contribution in [1.29, 1.82) is 0 Å². The van der Waals surface area contributed by atoms with Crippen molar-refractivity contribution >= 4 is 17.9 Å². The standard InChI is InChI=1S/C28H38N2O2/c1-2-25(28-17-21-14-22(18-28)16-23(15-21)19-28)29-27(32)24-10-12-30(13-11-24)26(31)9-8-20-6-4-3-5-7-20/h3-9,21-25H,2,10-19H2,1H3,(H,29,32). The van der Waals surface area contributed by atoms with Crippen LogP contribution in [0.3, 0.4) is 0 Å². The molecule has 0 spiro atoms. The van der Waals surface area contributed by atoms with E-state index in [9.17, 15) is 9.59 Å². The van der Waals surface area contributed by atoms with E-state index in [2.05, 4.69) is 12.2 Å². The lowest BCUT2D eigenvalue weighted by atomic mass is 9.47. The number of carbonyl (C=O) groups excluding carboxylic acids is 2. The Hall–Kier alpha value is -2.10. The first kappa shape index (κ1) is 21.7. The number of amides is 2. The maximum atomic E-state index is 13.2. The second-order valence-corrected chi connectivity index (χ2v) is 11.1. The molecule has 5 aliphatic rings. The molecule has 0 radical (unpaired) electrons. The molecule has 6 rings (SSSR count). The summed E-state index contributed by atoms with van der Waals surface area (Å²) < 4.78 is 0. The smallest absolute Gasteiger partial charge is 0.246 e. The molecule has 5 fully saturated rings. The summed E-state index contributed by atoms with van der Waals surface area (Å²) in [6, 6.07) is 10.2. The van der Waals surface area contributed by atoms with Crippen molar-refractivity contribution in [2.45, 2.75) is 70.8 Å². The quantitative estimate of drug-likeness (QED) is 0.637. The van der Waals surface area contributed by atoms with Crippen molar-refractivity contribution in [3.05, 3.63) is 42.0 Å². The number of piperidine rings is 1. The summed E-state index contributed by atoms with van der Waals surface area (Å²) in [4.78, 5) is 27.7. The Morgan fingerprint density at radius 2 is 1.62 bits per heavy atom. The lowest BCUT2D eigenvalue weighted by Gasteiger charge is -2.59. The third kappa shape index (κ3) is 4.38. The highest BCUT2D eigenvalue weighted by Gasteiger charge is 2.54. The van der Waals surface area contributed by atoms with Crippen LogP contribution in [0.4, 0.5) is 0 Å². The number of rotatable bonds is 6. The van der Waals surface area contributed by atoms with Crippen LogP contribution in [0.25, 0.3) is 6.08 Å². The Balaban J connectivity index is 1.14. The van der Waals surface area contributed by atoms with E-state index >= 15 is 0 Å². The minimum Gasteiger partial charge on any atom is -0.353 e. The molecule has 4 aliphatic carbocycles. The van der Waals surface area contributed by atoms with Crippen LogP contribution in [0.1, 0.15) is 70.3 Å². The van der Waals surface area contributed by atoms with Gasteiger partial charge in [0.1, 0.15) is 0 Å². The minimum atomic E-state index is 0.0418. The van der Waals surface area contributed by atoms with Crippen molar-refractivity contribution in [3.63, 3.8) is 0 Å². The van der Waals surface area contributed by atoms with Gasteiger partial charge in [-0.1, -0.05) is 37.3 Å². The molecule has 4 heteroatoms. The van der Waals surface area contributed by atoms with Crippen molar-refractivity contribution in [2.75, 3.05) is 13.1 Å². The molecular formula is C28H38N2O2. The number of likely N-dealkylation sites (tertiary alicyclic amines) is 1. The number of nitrogens with one attached hydrogen (secondary N) is 1. The molecule has 4 bridgehead atoms. The number of hydrogen-bond donors (Lipinski definition) is 1. The van der Waals surface area contributed by atoms with Crippen LogP contribution < -0.4 is 5.32 Å². The van der Waals surface area contributed by atoms with Gasteiger partial charge in [-0.25, -0.2) is 0 Å². The van der Waals surface area contributed by atoms with Gasteiger partial charge in [0.2, 0.25) is 11.8 Å². The summed E-state index contributed by atoms with van der Waals surface area (Å²) >= 11 is 0. The first-order chi connectivity index (χ1) is 15.5. The second kappa shape index (κ2) is 9.03. The van der Waals surface area contributed by atoms with E-state index in [1.807, 2.05) is 41.3 Å². The van der Waals surface area contributed by atoms with Gasteiger partial charge in [0, 0.05) is 31.1 Å². The molecular weight excluding hydrogens is 396 g/mol. The predicted molar refractivity (Wildman–Crippen MR) is 128 cm³/mol. The van der Waals surface area contributed by atoms with Gasteiger partial charge in [0.15, 0.2) is 0 Å². The topological polar surface area (TPSA) is 49.4 Å². The Morgan fingerprint density at radius 1 is 1.03 bits per heavy atom. The highest BCUT2D eigenvalue weighted by Crippen LogP contribution is 2.61. The second-order valence-electron chi connectivity index (χ2n) is 11.1. The Morgan fingerprint density at radius 3 is 2.19 bits per heavy atom. The zero-order valence-corrected chi connectivity index (χ0v) is 19.5. The van der Waals surface area contributed by atoms with E-state index in [-0.39, 0.29) is 17.7 Å². The maximum Gasteiger partial charge on any atom is 0.246 e. The normalized spacial score (nSPS) is 32.9. The fraction of sp³-hybridized carbons (Fsp3) is 0.643. The Kier molecular flexibility index (Phi) is 6.14. The molecule has 32 heavy (non-hydrogen) atoms. The zero-order chi connectivity index (χ0) is 22.1. The van der Waals surface area contributed by atoms with Gasteiger partial charge < -0.3 is 10.2 Å². The molecule has 1 N–H and O–H groups in total. The molecule has 0 aromatic heterocycles. The molecule has 1 aromatic carbocycles. The van der Waals surface area contributed by atoms with E-state index in [4.69, 9.17) is 0 Å². The molecule has 1 aliphatic heterocycles. The number of carbonyl (C=O) groups is 2. The fourth-order valence-corrected chi connectivity index (χ4v) is 7.78. The average molecular weight is 435 g/mol. The van der Waals surface area contributed by atoms with Crippen LogP contribution in [0.2, 0.25) is 0 Å². The summed E-state index contributed by atoms with van der Waals surface area (Å²) in [6.45, 7) is 3.60. The van der Waals surface area contributed by atoms with Crippen LogP contribution in [0, 0.1) is 29.1 Å². The lowest BCUT2D eigenvalue weighted by molar-refractivity contribution is -0.135. The van der Waals surface area contributed by atoms with Crippen LogP contribution in [0.15, 0.2) is 36.4 Å². The summed E-state index contributed by atoms with van der Waals surface area (Å²) in [6.07, 6.45) is 14.4. The lowest BCUT2D eigenvalue weighted by Crippen LogP contribution is -2.57. The largest absolute Gasteiger partial charge is 0.353 e. The van der Waals surface area contributed by atoms with E-state index in [1.165, 1.54) is 38.5 Å². The maximum absolute atomic E-state index is 13.2. The Labute approximate surface area is 192 Å². The summed E-state index contributed by atoms with van der Waals surface area (Å²) in [5.74, 6) is 3.05. The first-order valence-electron chi connectivity index (χ1n) is 12.9. The molecule has 1 aromatic rings. The summed E-state index contributed by atoms with van der Waals surface area (Å²) in [5, 5.41) is 3.53. The van der Waals surface area contributed by atoms with Gasteiger partial charge >= 0.3 is 0 Å². The number of nitrogens with zero attached hydrogens (tertiary/aromatic N) is 1. The van der Waals surface area contributed by atoms with Crippen LogP contribution in [-0.2, 0) is 9.59 Å². The van der Waals surface area contributed by atoms with Gasteiger partial charge in [0.25, 0.3) is 0 Å². The number of hydrogen-bond acceptors (Lipinski definition) is 2. The fourth-order valence-electron chi connectivity index (χ4n) is 7.78. The van der Waals surface area contributed by atoms with Gasteiger partial charge in [-0.2, -0.15) is 0 Å². The van der Waals surface area contributed by atoms with Gasteiger partial charge in [-0.15, -0.1) is 0 Å². The zero-order valence-electron chi connectivity index (χ0n) is 19.5. The average Bonchev–Trinajstić information content (AvgIpc) is 2.80. The van der Waals surface area contributed by atoms with E-state index in [0.29, 0.717) is 24.5 Å². The third-order valence-electron chi connectivity index (χ3n) is 8.94. The molecule has 1 atom stereocenters. The highest BCUT2D eigenvalue weighted by molar-refractivity contribution is 5.92. The molecule has 4 nitrogen and oxygen atoms in total. The molecule has 172 valence electrons. The van der Waals surface area contributed by atoms with Crippen molar-refractivity contribution in [1.82, 2.24) is 10.2 Å². The minimum absolute atomic E-state index is 0.0418. The SMILES string of the molecule is CCC(NC(=O)C1CCN(C(=O)C=Cc2ccccc2)CC1)C12CC3CC(CC(C3)C1)C2. The summed E-state index contributed by atoms with van der Waals surface area (Å²) in [5.41, 5.74) is 1.39. The van der Waals surface area contributed by atoms with Crippen LogP contribution in [0.5, 0.6) is 0 Å². The monoisotopic (exact) mass is 434 g/mol. The molecule has 1 unspecified atom stereocenters. The van der Waals surface area contributed by atoms with Gasteiger partial charge in [-0.05, 0) is 92.6 Å². The van der Waals surface area contributed by atoms with Gasteiger partial charge in [-0.3, -0.25) is 9.59 Å². The Bertz CT molecular complexity index is 818. The molecule has 2 amide bonds. The molecule has 1 saturated heterocycles. The van der Waals surface area contributed by atoms with E-state index in [0.717, 1.165) is 42.6 Å². The van der Waals surface area contributed by atoms with Crippen molar-refractivity contribution < 1.29 is 9.59 Å². The molecule has 4 saturated carbocycles. The third-order valence-corrected chi connectivity index (χ3v) is 8.94. The predicted octanol–water partition coefficient (Wildman–Crippen LogP) is 5.05.